The number of aliphatic hydroxyl groups is 21. The van der Waals surface area contributed by atoms with Crippen LogP contribution in [0.2, 0.25) is 0 Å². The van der Waals surface area contributed by atoms with Crippen LogP contribution >= 0.6 is 0 Å². The number of aryl methyl sites for hydroxylation is 3. The number of hydrogen-bond donors (Lipinski definition) is 23. The molecule has 22 fully saturated rings. The second-order valence-electron chi connectivity index (χ2n) is 39.7. The summed E-state index contributed by atoms with van der Waals surface area (Å²) in [6, 6.07) is 18.3. The Morgan fingerprint density at radius 1 is 0.463 bits per heavy atom. The van der Waals surface area contributed by atoms with E-state index in [4.69, 9.17) is 80.0 Å². The van der Waals surface area contributed by atoms with Gasteiger partial charge < -0.3 is 194 Å². The van der Waals surface area contributed by atoms with E-state index in [2.05, 4.69) is 20.9 Å². The summed E-state index contributed by atoms with van der Waals surface area (Å²) in [5.41, 5.74) is -0.950. The summed E-state index contributed by atoms with van der Waals surface area (Å²) in [5, 5.41) is 255. The summed E-state index contributed by atoms with van der Waals surface area (Å²) in [7, 11) is -4.91. The van der Waals surface area contributed by atoms with Crippen LogP contribution in [0.4, 0.5) is 0 Å². The molecule has 147 heavy (non-hydrogen) atoms. The van der Waals surface area contributed by atoms with Crippen molar-refractivity contribution in [1.82, 2.24) is 30.5 Å². The molecule has 26 rings (SSSR count). The smallest absolute Gasteiger partial charge is 0.297 e. The van der Waals surface area contributed by atoms with Crippen LogP contribution in [-0.2, 0) is 135 Å². The lowest BCUT2D eigenvalue weighted by atomic mass is 9.86. The number of carbonyl (C=O) groups is 5. The topological polar surface area (TPSA) is 759 Å². The van der Waals surface area contributed by atoms with Gasteiger partial charge in [0.15, 0.2) is 55.6 Å². The predicted octanol–water partition coefficient (Wildman–Crippen LogP) is -9.29. The number of aromatic nitrogens is 3. The summed E-state index contributed by atoms with van der Waals surface area (Å²) in [6.07, 6.45) is -72.2. The number of aliphatic hydroxyl groups excluding tert-OH is 20. The Labute approximate surface area is 845 Å². The lowest BCUT2D eigenvalue weighted by molar-refractivity contribution is -0.396. The number of benzene rings is 3. The number of hydrogen-bond acceptors (Lipinski definition) is 48. The molecule has 22 aliphatic heterocycles. The molecule has 22 aliphatic rings. The average molecular weight is 2120 g/mol. The first kappa shape index (κ1) is 117. The van der Waals surface area contributed by atoms with Crippen molar-refractivity contribution >= 4 is 39.3 Å². The Balaban J connectivity index is 0.700. The van der Waals surface area contributed by atoms with Crippen molar-refractivity contribution in [2.75, 3.05) is 79.1 Å². The Bertz CT molecular complexity index is 4940. The minimum absolute atomic E-state index is 0.0108. The summed E-state index contributed by atoms with van der Waals surface area (Å²) in [5.74, 6) is -5.34. The highest BCUT2D eigenvalue weighted by atomic mass is 32.2. The van der Waals surface area contributed by atoms with E-state index in [1.807, 2.05) is 49.1 Å². The second kappa shape index (κ2) is 52.3. The van der Waals surface area contributed by atoms with Gasteiger partial charge in [0.2, 0.25) is 11.8 Å². The van der Waals surface area contributed by atoms with E-state index in [1.165, 1.54) is 32.2 Å². The van der Waals surface area contributed by atoms with Crippen molar-refractivity contribution in [2.45, 2.75) is 344 Å². The van der Waals surface area contributed by atoms with Crippen LogP contribution in [-0.4, -0.2) is 476 Å². The highest BCUT2D eigenvalue weighted by molar-refractivity contribution is 7.86. The van der Waals surface area contributed by atoms with Gasteiger partial charge in [0, 0.05) is 37.8 Å². The molecule has 0 saturated carbocycles. The fourth-order valence-electron chi connectivity index (χ4n) is 19.6. The summed E-state index contributed by atoms with van der Waals surface area (Å²) in [4.78, 5) is 74.4. The van der Waals surface area contributed by atoms with Crippen molar-refractivity contribution in [3.05, 3.63) is 107 Å². The summed E-state index contributed by atoms with van der Waals surface area (Å²) in [6.45, 7) is 4.25. The zero-order valence-electron chi connectivity index (χ0n) is 81.9. The van der Waals surface area contributed by atoms with Crippen LogP contribution in [0.15, 0.2) is 83.9 Å². The molecule has 23 heterocycles. The zero-order chi connectivity index (χ0) is 107. The van der Waals surface area contributed by atoms with E-state index in [1.54, 1.807) is 44.2 Å². The number of morpholine rings is 1. The van der Waals surface area contributed by atoms with E-state index in [9.17, 15) is 140 Å². The molecule has 4 aromatic rings. The number of rotatable bonds is 37. The van der Waals surface area contributed by atoms with Crippen LogP contribution in [0, 0.1) is 37.5 Å². The molecule has 14 bridgehead atoms. The van der Waals surface area contributed by atoms with Gasteiger partial charge in [-0.25, -0.2) is 4.68 Å². The highest BCUT2D eigenvalue weighted by Gasteiger charge is 2.61. The maximum Gasteiger partial charge on any atom is 0.297 e. The van der Waals surface area contributed by atoms with Gasteiger partial charge in [-0.3, -0.25) is 33.1 Å². The van der Waals surface area contributed by atoms with Gasteiger partial charge >= 0.3 is 0 Å². The SMILES string of the molecule is Cc1cc(OCc2cn(CC3OC4OC5C(CO)OC(OC6C(CO)OC(OC7C(CO)OC(OC8C(CO)OC(OC9C(CO)OC(OC%10C(CO)OC(OC3C(O)C4O)C(O)C%10O)C(O)C9O)C(O)C8O)C(O)C7O)C(O)C6O)C(O)C5O)nn2)cc(C)c1S(=O)(=O)OC[C@@](C)(O)C(=O)[C@H](CC(C)C)NC(=O)[C@@H](CC(=O)[C@H](CC(C)C)NC(=O)[C@H](CCc1ccccc1)CC(=O)CN1CCOCC1)Cc1ccccc1. The molecule has 35 unspecified atom stereocenters. The predicted molar refractivity (Wildman–Crippen MR) is 492 cm³/mol. The number of carbonyl (C=O) groups excluding carboxylic acids is 5. The Kier molecular flexibility index (Phi) is 41.6. The monoisotopic (exact) mass is 2120 g/mol. The summed E-state index contributed by atoms with van der Waals surface area (Å²) >= 11 is 0. The van der Waals surface area contributed by atoms with Gasteiger partial charge in [-0.05, 0) is 99.1 Å². The second-order valence-corrected chi connectivity index (χ2v) is 41.3. The minimum Gasteiger partial charge on any atom is -0.487 e. The van der Waals surface area contributed by atoms with Gasteiger partial charge in [0.05, 0.1) is 84.2 Å². The molecule has 52 heteroatoms. The quantitative estimate of drug-likeness (QED) is 0.0186. The molecule has 2 amide bonds. The number of ketones is 3. The normalized spacial score (nSPS) is 36.7. The Hall–Kier alpha value is -7.02. The third-order valence-electron chi connectivity index (χ3n) is 27.5. The Morgan fingerprint density at radius 3 is 1.18 bits per heavy atom. The molecule has 40 atom stereocenters. The molecule has 0 spiro atoms. The number of Topliss-reactive ketones (excluding diaryl/α,β-unsaturated/α-hetero) is 3. The van der Waals surface area contributed by atoms with Crippen LogP contribution in [0.3, 0.4) is 0 Å². The van der Waals surface area contributed by atoms with Gasteiger partial charge in [-0.15, -0.1) is 5.10 Å². The van der Waals surface area contributed by atoms with E-state index < -0.39 is 349 Å². The maximum absolute atomic E-state index is 14.9. The fraction of sp³-hybridized carbons (Fsp3) is 0.737. The third kappa shape index (κ3) is 28.4. The number of amides is 2. The molecule has 51 nitrogen and oxygen atoms in total. The number of nitrogens with zero attached hydrogens (tertiary/aromatic N) is 4. The highest BCUT2D eigenvalue weighted by Crippen LogP contribution is 2.42. The molecule has 3 aromatic carbocycles. The maximum atomic E-state index is 14.9. The van der Waals surface area contributed by atoms with E-state index in [0.29, 0.717) is 44.7 Å². The molecular weight excluding hydrogens is 1980 g/mol. The van der Waals surface area contributed by atoms with Crippen LogP contribution < -0.4 is 15.4 Å². The van der Waals surface area contributed by atoms with Crippen LogP contribution in [0.5, 0.6) is 5.75 Å². The van der Waals surface area contributed by atoms with Gasteiger partial charge in [0.25, 0.3) is 10.1 Å². The standard InChI is InChI=1S/C95H140N6O45S/c1-42(2)24-53(96-86(125)48(19-18-46-14-10-8-11-15-46)29-51(108)32-100-20-22-130-23-21-100)55(109)30-49(28-47-16-12-9-13-17-47)87(126)97-54(25-43(3)4)85(124)95(7,127)41-132-147(128,129)84-44(5)26-52(27-45(84)6)131-40-50-31-101(99-98-50)33-56-77-63(110)70(117)88(133-56)141-78-57(34-102)135-90(72(119)65(78)112)143-80-59(36-104)137-92(74(121)67(80)114)145-82-61(38-106)139-94(76(123)69(82)116)146-83-62(39-107)138-93(75(122)68(83)115)144-81-60(37-105)136-91(73(120)66(81)113)142-79-58(35-103)134-89(140-77)71(118)64(79)111/h8-17,26-27,31,42-43,48-49,53-54,56-83,88-94,102-107,110-123,127H,18-25,28-30,32-41H2,1-7H3,(H,96,125)(H,97,126)/t48-,49-,53+,54+,56?,57?,58?,59?,60?,61?,62?,63?,64?,65?,66?,67?,68?,69?,70?,71?,72?,73?,74?,75?,76?,77?,78?,79?,80?,81?,82?,83?,88?,89?,90?,91?,92?,93?,94?,95-/m1/s1. The van der Waals surface area contributed by atoms with Gasteiger partial charge in [-0.2, -0.15) is 8.42 Å². The number of ether oxygens (including phenoxy) is 16. The molecule has 22 saturated heterocycles. The first-order chi connectivity index (χ1) is 69.9. The molecule has 1 aromatic heterocycles. The van der Waals surface area contributed by atoms with Crippen molar-refractivity contribution in [3.8, 4) is 5.75 Å². The van der Waals surface area contributed by atoms with Gasteiger partial charge in [-0.1, -0.05) is 93.6 Å². The summed E-state index contributed by atoms with van der Waals surface area (Å²) < 4.78 is 130. The van der Waals surface area contributed by atoms with E-state index >= 15 is 0 Å². The van der Waals surface area contributed by atoms with Crippen molar-refractivity contribution < 1.29 is 220 Å². The first-order valence-electron chi connectivity index (χ1n) is 49.1. The fourth-order valence-corrected chi connectivity index (χ4v) is 21.0. The van der Waals surface area contributed by atoms with Crippen LogP contribution in [0.1, 0.15) is 94.7 Å². The third-order valence-corrected chi connectivity index (χ3v) is 29.1. The number of nitrogens with one attached hydrogen (secondary N) is 2. The van der Waals surface area contributed by atoms with Crippen molar-refractivity contribution in [1.29, 1.82) is 0 Å². The van der Waals surface area contributed by atoms with Crippen LogP contribution in [0.25, 0.3) is 0 Å². The average Bonchev–Trinajstić information content (AvgIpc) is 1.43. The molecule has 0 radical (unpaired) electrons. The van der Waals surface area contributed by atoms with Gasteiger partial charge in [0.1, 0.15) is 212 Å². The zero-order valence-corrected chi connectivity index (χ0v) is 82.7. The first-order valence-corrected chi connectivity index (χ1v) is 50.5. The van der Waals surface area contributed by atoms with Crippen molar-refractivity contribution in [3.63, 3.8) is 0 Å². The van der Waals surface area contributed by atoms with Crippen molar-refractivity contribution in [2.24, 2.45) is 23.7 Å². The van der Waals surface area contributed by atoms with E-state index in [0.717, 1.165) is 17.2 Å². The minimum atomic E-state index is -4.91. The molecular formula is C95H140N6O45S. The molecule has 23 N–H and O–H groups in total. The molecule has 826 valence electrons. The Morgan fingerprint density at radius 2 is 0.810 bits per heavy atom. The lowest BCUT2D eigenvalue weighted by Gasteiger charge is -2.50. The van der Waals surface area contributed by atoms with E-state index in [-0.39, 0.29) is 72.4 Å². The lowest BCUT2D eigenvalue weighted by Crippen LogP contribution is -2.68. The molecule has 0 aliphatic carbocycles. The largest absolute Gasteiger partial charge is 0.487 e.